The minimum Gasteiger partial charge on any atom is -0.455 e. The van der Waals surface area contributed by atoms with E-state index in [0.717, 1.165) is 79.7 Å². The molecule has 0 aliphatic rings. The van der Waals surface area contributed by atoms with Crippen LogP contribution in [0.25, 0.3) is 21.8 Å². The van der Waals surface area contributed by atoms with Gasteiger partial charge in [-0.15, -0.1) is 0 Å². The van der Waals surface area contributed by atoms with Crippen molar-refractivity contribution in [1.29, 1.82) is 0 Å². The van der Waals surface area contributed by atoms with Gasteiger partial charge in [0, 0.05) is 46.7 Å². The van der Waals surface area contributed by atoms with E-state index in [-0.39, 0.29) is 11.9 Å². The Hall–Kier alpha value is -3.92. The summed E-state index contributed by atoms with van der Waals surface area (Å²) in [7, 11) is 0. The van der Waals surface area contributed by atoms with Gasteiger partial charge in [0.15, 0.2) is 0 Å². The van der Waals surface area contributed by atoms with Crippen molar-refractivity contribution in [3.05, 3.63) is 68.6 Å². The molecular weight excluding hydrogens is 574 g/mol. The van der Waals surface area contributed by atoms with Crippen molar-refractivity contribution in [1.82, 2.24) is 23.7 Å². The third-order valence-corrected chi connectivity index (χ3v) is 8.46. The number of benzene rings is 1. The summed E-state index contributed by atoms with van der Waals surface area (Å²) in [6.07, 6.45) is 2.57. The third kappa shape index (κ3) is 6.04. The third-order valence-electron chi connectivity index (χ3n) is 7.88. The number of rotatable bonds is 8. The Kier molecular flexibility index (Phi) is 8.26. The van der Waals surface area contributed by atoms with Crippen LogP contribution in [0.1, 0.15) is 121 Å². The number of ether oxygens (including phenoxy) is 2. The van der Waals surface area contributed by atoms with E-state index >= 15 is 0 Å². The molecule has 0 atom stereocenters. The second-order valence-electron chi connectivity index (χ2n) is 13.4. The van der Waals surface area contributed by atoms with Crippen LogP contribution < -0.4 is 0 Å². The van der Waals surface area contributed by atoms with Crippen LogP contribution in [0.2, 0.25) is 0 Å². The number of H-pyrrole nitrogens is 3. The molecule has 0 bridgehead atoms. The first-order valence-electron chi connectivity index (χ1n) is 15.2. The Morgan fingerprint density at radius 1 is 0.795 bits per heavy atom. The number of esters is 2. The summed E-state index contributed by atoms with van der Waals surface area (Å²) >= 11 is 1.31. The van der Waals surface area contributed by atoms with Crippen molar-refractivity contribution >= 4 is 45.5 Å². The van der Waals surface area contributed by atoms with Crippen LogP contribution in [0.4, 0.5) is 0 Å². The molecule has 3 N–H and O–H groups in total. The lowest BCUT2D eigenvalue weighted by Gasteiger charge is -2.19. The van der Waals surface area contributed by atoms with E-state index < -0.39 is 11.2 Å². The van der Waals surface area contributed by atoms with Gasteiger partial charge in [0.05, 0.1) is 16.9 Å². The summed E-state index contributed by atoms with van der Waals surface area (Å²) < 4.78 is 19.4. The van der Waals surface area contributed by atoms with Crippen LogP contribution in [-0.2, 0) is 35.2 Å². The number of aromatic amines is 3. The Morgan fingerprint density at radius 2 is 1.30 bits per heavy atom. The Labute approximate surface area is 262 Å². The smallest absolute Gasteiger partial charge is 0.355 e. The first-order valence-corrected chi connectivity index (χ1v) is 16.0. The zero-order valence-corrected chi connectivity index (χ0v) is 28.2. The maximum Gasteiger partial charge on any atom is 0.355 e. The first kappa shape index (κ1) is 31.5. The molecule has 0 radical (unpaired) electrons. The fraction of sp³-hybridized carbons (Fsp3) is 0.471. The molecular formula is C34H43N5O4S. The number of fused-ring (bicyclic) bond motifs is 3. The Balaban J connectivity index is 1.59. The molecule has 4 heterocycles. The summed E-state index contributed by atoms with van der Waals surface area (Å²) in [5.41, 5.74) is 9.33. The molecule has 5 rings (SSSR count). The van der Waals surface area contributed by atoms with Gasteiger partial charge in [-0.3, -0.25) is 9.36 Å². The van der Waals surface area contributed by atoms with Crippen LogP contribution in [0.3, 0.4) is 0 Å². The molecule has 4 aromatic heterocycles. The van der Waals surface area contributed by atoms with E-state index in [1.807, 2.05) is 61.5 Å². The number of hydrogen-bond donors (Lipinski definition) is 3. The molecule has 10 heteroatoms. The van der Waals surface area contributed by atoms with E-state index in [1.54, 1.807) is 0 Å². The Bertz CT molecular complexity index is 1870. The van der Waals surface area contributed by atoms with E-state index in [2.05, 4.69) is 34.3 Å². The van der Waals surface area contributed by atoms with Crippen molar-refractivity contribution in [3.63, 3.8) is 0 Å². The summed E-state index contributed by atoms with van der Waals surface area (Å²) in [4.78, 5) is 38.1. The lowest BCUT2D eigenvalue weighted by Crippen LogP contribution is -2.24. The average Bonchev–Trinajstić information content (AvgIpc) is 3.66. The molecule has 0 amide bonds. The van der Waals surface area contributed by atoms with Crippen molar-refractivity contribution < 1.29 is 19.1 Å². The fourth-order valence-corrected chi connectivity index (χ4v) is 6.60. The van der Waals surface area contributed by atoms with Crippen LogP contribution >= 0.6 is 11.7 Å². The lowest BCUT2D eigenvalue weighted by atomic mass is 10.0. The molecule has 0 unspecified atom stereocenters. The second kappa shape index (κ2) is 11.5. The molecule has 44 heavy (non-hydrogen) atoms. The molecule has 0 aliphatic carbocycles. The van der Waals surface area contributed by atoms with Crippen LogP contribution in [-0.4, -0.2) is 46.8 Å². The number of carbonyl (C=O) groups excluding carboxylic acids is 2. The number of nitrogens with one attached hydrogen (secondary N) is 3. The molecule has 0 saturated carbocycles. The molecule has 0 spiro atoms. The summed E-state index contributed by atoms with van der Waals surface area (Å²) in [6.45, 7) is 19.3. The maximum absolute atomic E-state index is 13.1. The highest BCUT2D eigenvalue weighted by atomic mass is 32.1. The second-order valence-corrected chi connectivity index (χ2v) is 14.0. The van der Waals surface area contributed by atoms with Crippen LogP contribution in [0.5, 0.6) is 0 Å². The van der Waals surface area contributed by atoms with Gasteiger partial charge >= 0.3 is 11.9 Å². The Morgan fingerprint density at radius 3 is 1.77 bits per heavy atom. The monoisotopic (exact) mass is 617 g/mol. The van der Waals surface area contributed by atoms with Crippen molar-refractivity contribution in [2.75, 3.05) is 0 Å². The van der Waals surface area contributed by atoms with Gasteiger partial charge in [0.25, 0.3) is 0 Å². The molecule has 0 fully saturated rings. The minimum atomic E-state index is -0.594. The van der Waals surface area contributed by atoms with Gasteiger partial charge in [-0.25, -0.2) is 9.59 Å². The number of nitrogens with zero attached hydrogens (tertiary/aromatic N) is 2. The highest BCUT2D eigenvalue weighted by Crippen LogP contribution is 2.34. The maximum atomic E-state index is 13.1. The SMILES string of the molecule is CCc1c(Cc2nc(Cc3[nH]c(C(=O)OC(C)(C)C)c(C)c3CC)c3c2ccc2[nH]snc23)[nH]c(C(=O)OC(C)(C)C)c1C. The van der Waals surface area contributed by atoms with Crippen molar-refractivity contribution in [2.45, 2.75) is 106 Å². The van der Waals surface area contributed by atoms with Crippen molar-refractivity contribution in [2.24, 2.45) is 0 Å². The highest BCUT2D eigenvalue weighted by molar-refractivity contribution is 7.00. The van der Waals surface area contributed by atoms with E-state index in [0.29, 0.717) is 24.2 Å². The topological polar surface area (TPSA) is 126 Å². The van der Waals surface area contributed by atoms with E-state index in [9.17, 15) is 9.59 Å². The molecule has 0 aliphatic heterocycles. The summed E-state index contributed by atoms with van der Waals surface area (Å²) in [5, 5.41) is 2.02. The van der Waals surface area contributed by atoms with Crippen LogP contribution in [0.15, 0.2) is 12.1 Å². The minimum absolute atomic E-state index is 0.355. The van der Waals surface area contributed by atoms with Gasteiger partial charge in [-0.1, -0.05) is 19.9 Å². The van der Waals surface area contributed by atoms with E-state index in [4.69, 9.17) is 18.8 Å². The van der Waals surface area contributed by atoms with Gasteiger partial charge in [0.1, 0.15) is 28.1 Å². The van der Waals surface area contributed by atoms with Gasteiger partial charge < -0.3 is 19.4 Å². The standard InChI is InChI=1S/C34H43N5O4S/c1-11-19-17(3)28(31(40)42-33(5,6)7)36-23(19)15-25-21-13-14-22-30(39-44-38-22)27(21)26(35-25)16-24-20(12-2)18(4)29(37-24)32(41)43-34(8,9)10/h13-14,36-38H,11-12,15-16H2,1-10H3. The zero-order valence-electron chi connectivity index (χ0n) is 27.4. The summed E-state index contributed by atoms with van der Waals surface area (Å²) in [5.74, 6) is -0.713. The zero-order chi connectivity index (χ0) is 32.1. The first-order chi connectivity index (χ1) is 20.6. The average molecular weight is 618 g/mol. The molecule has 1 aromatic carbocycles. The highest BCUT2D eigenvalue weighted by Gasteiger charge is 2.27. The van der Waals surface area contributed by atoms with Gasteiger partial charge in [-0.05, 0) is 96.6 Å². The fourth-order valence-electron chi connectivity index (χ4n) is 6.02. The van der Waals surface area contributed by atoms with E-state index in [1.165, 1.54) is 11.7 Å². The van der Waals surface area contributed by atoms with Gasteiger partial charge in [-0.2, -0.15) is 4.37 Å². The number of aromatic nitrogens is 5. The van der Waals surface area contributed by atoms with Crippen molar-refractivity contribution in [3.8, 4) is 0 Å². The molecule has 5 aromatic rings. The lowest BCUT2D eigenvalue weighted by molar-refractivity contribution is 0.00501. The predicted octanol–water partition coefficient (Wildman–Crippen LogP) is 7.66. The largest absolute Gasteiger partial charge is 0.455 e. The van der Waals surface area contributed by atoms with Gasteiger partial charge in [0.2, 0.25) is 0 Å². The number of carbonyl (C=O) groups is 2. The molecule has 0 saturated heterocycles. The number of hydrogen-bond acceptors (Lipinski definition) is 7. The quantitative estimate of drug-likeness (QED) is 0.154. The molecule has 234 valence electrons. The predicted molar refractivity (Wildman–Crippen MR) is 175 cm³/mol. The normalized spacial score (nSPS) is 12.4. The van der Waals surface area contributed by atoms with Crippen LogP contribution in [0, 0.1) is 13.8 Å². The molecule has 9 nitrogen and oxygen atoms in total. The summed E-state index contributed by atoms with van der Waals surface area (Å²) in [6, 6.07) is 4.14.